The van der Waals surface area contributed by atoms with Gasteiger partial charge in [-0.1, -0.05) is 63.2 Å². The van der Waals surface area contributed by atoms with Gasteiger partial charge in [-0.2, -0.15) is 4.31 Å². The number of sulfonamides is 1. The van der Waals surface area contributed by atoms with Gasteiger partial charge in [0.15, 0.2) is 0 Å². The van der Waals surface area contributed by atoms with Crippen LogP contribution in [0.5, 0.6) is 0 Å². The van der Waals surface area contributed by atoms with Crippen LogP contribution in [0.1, 0.15) is 44.2 Å². The molecule has 0 bridgehead atoms. The Bertz CT molecular complexity index is 790. The third-order valence-electron chi connectivity index (χ3n) is 4.78. The van der Waals surface area contributed by atoms with Gasteiger partial charge in [0, 0.05) is 13.1 Å². The van der Waals surface area contributed by atoms with Crippen molar-refractivity contribution < 1.29 is 8.42 Å². The van der Waals surface area contributed by atoms with Crippen LogP contribution >= 0.6 is 0 Å². The average Bonchev–Trinajstić information content (AvgIpc) is 3.06. The van der Waals surface area contributed by atoms with E-state index in [1.54, 1.807) is 16.4 Å². The first kappa shape index (κ1) is 17.2. The van der Waals surface area contributed by atoms with Gasteiger partial charge in [-0.25, -0.2) is 8.42 Å². The maximum atomic E-state index is 12.9. The van der Waals surface area contributed by atoms with Crippen molar-refractivity contribution in [3.63, 3.8) is 0 Å². The Kier molecular flexibility index (Phi) is 4.54. The Balaban J connectivity index is 1.79. The van der Waals surface area contributed by atoms with E-state index < -0.39 is 10.0 Å². The van der Waals surface area contributed by atoms with Crippen molar-refractivity contribution in [2.24, 2.45) is 0 Å². The van der Waals surface area contributed by atoms with Gasteiger partial charge in [0.25, 0.3) is 0 Å². The standard InChI is InChI=1S/C20H25NO2S/c1-20(2,3)18-9-11-19(12-10-18)24(22,23)21-14-13-17(15-21)16-7-5-4-6-8-16/h4-12,17H,13-15H2,1-3H3. The van der Waals surface area contributed by atoms with Crippen molar-refractivity contribution in [3.8, 4) is 0 Å². The van der Waals surface area contributed by atoms with Crippen molar-refractivity contribution in [3.05, 3.63) is 65.7 Å². The van der Waals surface area contributed by atoms with Crippen LogP contribution < -0.4 is 0 Å². The predicted octanol–water partition coefficient (Wildman–Crippen LogP) is 4.16. The fraction of sp³-hybridized carbons (Fsp3) is 0.400. The second kappa shape index (κ2) is 6.34. The third-order valence-corrected chi connectivity index (χ3v) is 6.66. The highest BCUT2D eigenvalue weighted by molar-refractivity contribution is 7.89. The molecule has 3 nitrogen and oxygen atoms in total. The van der Waals surface area contributed by atoms with Gasteiger partial charge in [0.05, 0.1) is 4.90 Å². The minimum atomic E-state index is -3.41. The second-order valence-electron chi connectivity index (χ2n) is 7.53. The molecular formula is C20H25NO2S. The second-order valence-corrected chi connectivity index (χ2v) is 9.47. The number of hydrogen-bond donors (Lipinski definition) is 0. The van der Waals surface area contributed by atoms with E-state index in [4.69, 9.17) is 0 Å². The SMILES string of the molecule is CC(C)(C)c1ccc(S(=O)(=O)N2CCC(c3ccccc3)C2)cc1. The van der Waals surface area contributed by atoms with Crippen molar-refractivity contribution >= 4 is 10.0 Å². The first-order chi connectivity index (χ1) is 11.3. The summed E-state index contributed by atoms with van der Waals surface area (Å²) in [7, 11) is -3.41. The minimum Gasteiger partial charge on any atom is -0.207 e. The van der Waals surface area contributed by atoms with Crippen LogP contribution in [0.25, 0.3) is 0 Å². The van der Waals surface area contributed by atoms with Crippen molar-refractivity contribution in [1.29, 1.82) is 0 Å². The summed E-state index contributed by atoms with van der Waals surface area (Å²) in [6.45, 7) is 7.53. The molecule has 2 aromatic rings. The molecule has 128 valence electrons. The molecule has 1 saturated heterocycles. The Morgan fingerprint density at radius 3 is 2.17 bits per heavy atom. The monoisotopic (exact) mass is 343 g/mol. The van der Waals surface area contributed by atoms with Crippen molar-refractivity contribution in [2.75, 3.05) is 13.1 Å². The molecule has 3 rings (SSSR count). The molecule has 0 saturated carbocycles. The number of benzene rings is 2. The van der Waals surface area contributed by atoms with Gasteiger partial charge in [0.1, 0.15) is 0 Å². The van der Waals surface area contributed by atoms with Crippen LogP contribution in [0.3, 0.4) is 0 Å². The zero-order chi connectivity index (χ0) is 17.4. The molecule has 1 fully saturated rings. The van der Waals surface area contributed by atoms with Crippen LogP contribution in [0.15, 0.2) is 59.5 Å². The zero-order valence-corrected chi connectivity index (χ0v) is 15.4. The van der Waals surface area contributed by atoms with Crippen LogP contribution in [-0.2, 0) is 15.4 Å². The number of rotatable bonds is 3. The quantitative estimate of drug-likeness (QED) is 0.839. The maximum absolute atomic E-state index is 12.9. The average molecular weight is 343 g/mol. The lowest BCUT2D eigenvalue weighted by atomic mass is 9.87. The first-order valence-corrected chi connectivity index (χ1v) is 9.88. The third kappa shape index (κ3) is 3.40. The van der Waals surface area contributed by atoms with E-state index in [1.807, 2.05) is 30.3 Å². The molecular weight excluding hydrogens is 318 g/mol. The predicted molar refractivity (Wildman–Crippen MR) is 97.7 cm³/mol. The zero-order valence-electron chi connectivity index (χ0n) is 14.6. The van der Waals surface area contributed by atoms with Gasteiger partial charge in [0.2, 0.25) is 10.0 Å². The molecule has 1 unspecified atom stereocenters. The van der Waals surface area contributed by atoms with Crippen LogP contribution in [0.2, 0.25) is 0 Å². The summed E-state index contributed by atoms with van der Waals surface area (Å²) in [5.74, 6) is 0.287. The molecule has 0 amide bonds. The molecule has 1 aliphatic rings. The molecule has 24 heavy (non-hydrogen) atoms. The van der Waals surface area contributed by atoms with Gasteiger partial charge in [-0.15, -0.1) is 0 Å². The lowest BCUT2D eigenvalue weighted by molar-refractivity contribution is 0.472. The smallest absolute Gasteiger partial charge is 0.207 e. The fourth-order valence-corrected chi connectivity index (χ4v) is 4.72. The van der Waals surface area contributed by atoms with Crippen LogP contribution in [0.4, 0.5) is 0 Å². The Labute approximate surface area is 145 Å². The van der Waals surface area contributed by atoms with E-state index in [0.29, 0.717) is 18.0 Å². The van der Waals surface area contributed by atoms with E-state index >= 15 is 0 Å². The van der Waals surface area contributed by atoms with Crippen molar-refractivity contribution in [1.82, 2.24) is 4.31 Å². The topological polar surface area (TPSA) is 37.4 Å². The molecule has 1 heterocycles. The molecule has 0 N–H and O–H groups in total. The van der Waals surface area contributed by atoms with E-state index in [9.17, 15) is 8.42 Å². The molecule has 4 heteroatoms. The summed E-state index contributed by atoms with van der Waals surface area (Å²) in [5, 5.41) is 0. The highest BCUT2D eigenvalue weighted by Crippen LogP contribution is 2.31. The molecule has 0 aliphatic carbocycles. The summed E-state index contributed by atoms with van der Waals surface area (Å²) >= 11 is 0. The normalized spacial score (nSPS) is 19.5. The molecule has 1 atom stereocenters. The van der Waals surface area contributed by atoms with Gasteiger partial charge >= 0.3 is 0 Å². The highest BCUT2D eigenvalue weighted by Gasteiger charge is 2.33. The minimum absolute atomic E-state index is 0.0222. The maximum Gasteiger partial charge on any atom is 0.243 e. The lowest BCUT2D eigenvalue weighted by Gasteiger charge is -2.20. The van der Waals surface area contributed by atoms with E-state index in [2.05, 4.69) is 32.9 Å². The highest BCUT2D eigenvalue weighted by atomic mass is 32.2. The first-order valence-electron chi connectivity index (χ1n) is 8.44. The summed E-state index contributed by atoms with van der Waals surface area (Å²) in [4.78, 5) is 0.393. The van der Waals surface area contributed by atoms with Crippen LogP contribution in [-0.4, -0.2) is 25.8 Å². The number of nitrogens with zero attached hydrogens (tertiary/aromatic N) is 1. The Morgan fingerprint density at radius 2 is 1.58 bits per heavy atom. The van der Waals surface area contributed by atoms with Gasteiger partial charge < -0.3 is 0 Å². The Hall–Kier alpha value is -1.65. The van der Waals surface area contributed by atoms with Gasteiger partial charge in [-0.3, -0.25) is 0 Å². The fourth-order valence-electron chi connectivity index (χ4n) is 3.22. The largest absolute Gasteiger partial charge is 0.243 e. The molecule has 2 aromatic carbocycles. The van der Waals surface area contributed by atoms with E-state index in [0.717, 1.165) is 12.0 Å². The Morgan fingerprint density at radius 1 is 0.958 bits per heavy atom. The lowest BCUT2D eigenvalue weighted by Crippen LogP contribution is -2.28. The summed E-state index contributed by atoms with van der Waals surface area (Å²) in [6, 6.07) is 17.5. The molecule has 0 radical (unpaired) electrons. The summed E-state index contributed by atoms with van der Waals surface area (Å²) in [5.41, 5.74) is 2.39. The molecule has 0 aromatic heterocycles. The molecule has 1 aliphatic heterocycles. The van der Waals surface area contributed by atoms with Gasteiger partial charge in [-0.05, 0) is 41.0 Å². The van der Waals surface area contributed by atoms with Crippen LogP contribution in [0, 0.1) is 0 Å². The summed E-state index contributed by atoms with van der Waals surface area (Å²) < 4.78 is 27.4. The van der Waals surface area contributed by atoms with E-state index in [1.165, 1.54) is 5.56 Å². The summed E-state index contributed by atoms with van der Waals surface area (Å²) in [6.07, 6.45) is 0.878. The van der Waals surface area contributed by atoms with E-state index in [-0.39, 0.29) is 11.3 Å². The van der Waals surface area contributed by atoms with Crippen molar-refractivity contribution in [2.45, 2.75) is 43.4 Å². The molecule has 0 spiro atoms. The number of hydrogen-bond acceptors (Lipinski definition) is 2.